The summed E-state index contributed by atoms with van der Waals surface area (Å²) in [5, 5.41) is 3.47. The highest BCUT2D eigenvalue weighted by Crippen LogP contribution is 2.26. The second kappa shape index (κ2) is 9.61. The molecule has 2 heterocycles. The third kappa shape index (κ3) is 4.93. The maximum atomic E-state index is 4.44. The van der Waals surface area contributed by atoms with E-state index in [0.29, 0.717) is 5.92 Å². The van der Waals surface area contributed by atoms with Crippen LogP contribution in [0.4, 0.5) is 0 Å². The van der Waals surface area contributed by atoms with Crippen molar-refractivity contribution in [1.82, 2.24) is 15.2 Å². The van der Waals surface area contributed by atoms with E-state index in [4.69, 9.17) is 0 Å². The Balaban J connectivity index is 0.00000208. The maximum absolute atomic E-state index is 4.44. The van der Waals surface area contributed by atoms with Crippen molar-refractivity contribution < 1.29 is 0 Å². The number of nitrogens with zero attached hydrogens (tertiary/aromatic N) is 3. The first-order valence-electron chi connectivity index (χ1n) is 8.27. The molecule has 0 spiro atoms. The molecule has 1 saturated heterocycles. The summed E-state index contributed by atoms with van der Waals surface area (Å²) in [6.07, 6.45) is 3.94. The van der Waals surface area contributed by atoms with Crippen LogP contribution in [0.2, 0.25) is 0 Å². The zero-order valence-electron chi connectivity index (χ0n) is 14.1. The summed E-state index contributed by atoms with van der Waals surface area (Å²) in [6, 6.07) is 16.8. The molecule has 1 aromatic carbocycles. The zero-order chi connectivity index (χ0) is 15.9. The SMILES string of the molecule is CN=C(NCCc1ccccn1)N1CCC(c2ccccc2)C1.I. The molecule has 1 aliphatic heterocycles. The molecular weight excluding hydrogens is 411 g/mol. The first kappa shape index (κ1) is 18.7. The fourth-order valence-corrected chi connectivity index (χ4v) is 3.13. The molecule has 24 heavy (non-hydrogen) atoms. The van der Waals surface area contributed by atoms with E-state index in [9.17, 15) is 0 Å². The summed E-state index contributed by atoms with van der Waals surface area (Å²) in [4.78, 5) is 11.2. The van der Waals surface area contributed by atoms with E-state index >= 15 is 0 Å². The molecule has 0 bridgehead atoms. The lowest BCUT2D eigenvalue weighted by atomic mass is 9.99. The number of benzene rings is 1. The second-order valence-corrected chi connectivity index (χ2v) is 5.89. The van der Waals surface area contributed by atoms with E-state index in [1.54, 1.807) is 0 Å². The maximum Gasteiger partial charge on any atom is 0.193 e. The number of likely N-dealkylation sites (tertiary alicyclic amines) is 1. The molecule has 2 aromatic rings. The van der Waals surface area contributed by atoms with Gasteiger partial charge in [-0.25, -0.2) is 0 Å². The lowest BCUT2D eigenvalue weighted by Crippen LogP contribution is -2.40. The van der Waals surface area contributed by atoms with E-state index in [1.165, 1.54) is 12.0 Å². The minimum Gasteiger partial charge on any atom is -0.356 e. The molecule has 0 radical (unpaired) electrons. The lowest BCUT2D eigenvalue weighted by molar-refractivity contribution is 0.486. The molecule has 1 aliphatic rings. The van der Waals surface area contributed by atoms with Crippen molar-refractivity contribution in [3.63, 3.8) is 0 Å². The highest BCUT2D eigenvalue weighted by molar-refractivity contribution is 14.0. The first-order valence-corrected chi connectivity index (χ1v) is 8.27. The van der Waals surface area contributed by atoms with Crippen molar-refractivity contribution in [1.29, 1.82) is 0 Å². The van der Waals surface area contributed by atoms with Crippen molar-refractivity contribution in [3.05, 3.63) is 66.0 Å². The molecule has 1 N–H and O–H groups in total. The Labute approximate surface area is 161 Å². The van der Waals surface area contributed by atoms with Gasteiger partial charge < -0.3 is 10.2 Å². The van der Waals surface area contributed by atoms with Crippen LogP contribution in [0.5, 0.6) is 0 Å². The van der Waals surface area contributed by atoms with Gasteiger partial charge >= 0.3 is 0 Å². The summed E-state index contributed by atoms with van der Waals surface area (Å²) < 4.78 is 0. The van der Waals surface area contributed by atoms with Gasteiger partial charge in [-0.3, -0.25) is 9.98 Å². The minimum atomic E-state index is 0. The average molecular weight is 436 g/mol. The van der Waals surface area contributed by atoms with Crippen LogP contribution in [-0.4, -0.2) is 42.5 Å². The van der Waals surface area contributed by atoms with E-state index in [0.717, 1.165) is 37.7 Å². The number of hydrogen-bond donors (Lipinski definition) is 1. The second-order valence-electron chi connectivity index (χ2n) is 5.89. The standard InChI is InChI=1S/C19H24N4.HI/c1-20-19(22-13-10-18-9-5-6-12-21-18)23-14-11-17(15-23)16-7-3-2-4-8-16;/h2-9,12,17H,10-11,13-15H2,1H3,(H,20,22);1H. The van der Waals surface area contributed by atoms with Crippen LogP contribution >= 0.6 is 24.0 Å². The normalized spacial score (nSPS) is 17.5. The molecule has 5 heteroatoms. The number of nitrogens with one attached hydrogen (secondary N) is 1. The smallest absolute Gasteiger partial charge is 0.193 e. The summed E-state index contributed by atoms with van der Waals surface area (Å²) in [7, 11) is 1.86. The Hall–Kier alpha value is -1.63. The molecule has 0 amide bonds. The molecule has 1 atom stereocenters. The number of aromatic nitrogens is 1. The lowest BCUT2D eigenvalue weighted by Gasteiger charge is -2.21. The molecule has 1 aromatic heterocycles. The average Bonchev–Trinajstić information content (AvgIpc) is 3.10. The molecule has 128 valence electrons. The highest BCUT2D eigenvalue weighted by Gasteiger charge is 2.25. The number of halogens is 1. The fraction of sp³-hybridized carbons (Fsp3) is 0.368. The first-order chi connectivity index (χ1) is 11.4. The van der Waals surface area contributed by atoms with Crippen LogP contribution in [0, 0.1) is 0 Å². The van der Waals surface area contributed by atoms with Gasteiger partial charge in [-0.15, -0.1) is 24.0 Å². The molecule has 3 rings (SSSR count). The monoisotopic (exact) mass is 436 g/mol. The molecular formula is C19H25IN4. The summed E-state index contributed by atoms with van der Waals surface area (Å²) in [5.74, 6) is 1.60. The third-order valence-electron chi connectivity index (χ3n) is 4.36. The van der Waals surface area contributed by atoms with Gasteiger partial charge in [-0.1, -0.05) is 36.4 Å². The fourth-order valence-electron chi connectivity index (χ4n) is 3.13. The molecule has 0 saturated carbocycles. The predicted octanol–water partition coefficient (Wildman–Crippen LogP) is 3.31. The highest BCUT2D eigenvalue weighted by atomic mass is 127. The Kier molecular flexibility index (Phi) is 7.49. The van der Waals surface area contributed by atoms with E-state index in [1.807, 2.05) is 25.4 Å². The quantitative estimate of drug-likeness (QED) is 0.454. The van der Waals surface area contributed by atoms with E-state index in [2.05, 4.69) is 56.6 Å². The Bertz CT molecular complexity index is 630. The van der Waals surface area contributed by atoms with E-state index < -0.39 is 0 Å². The van der Waals surface area contributed by atoms with Crippen molar-refractivity contribution >= 4 is 29.9 Å². The van der Waals surface area contributed by atoms with Crippen LogP contribution in [0.1, 0.15) is 23.6 Å². The predicted molar refractivity (Wildman–Crippen MR) is 110 cm³/mol. The Morgan fingerprint density at radius 1 is 1.21 bits per heavy atom. The Morgan fingerprint density at radius 2 is 2.00 bits per heavy atom. The van der Waals surface area contributed by atoms with Gasteiger partial charge in [-0.05, 0) is 24.1 Å². The van der Waals surface area contributed by atoms with Gasteiger partial charge in [0.25, 0.3) is 0 Å². The minimum absolute atomic E-state index is 0. The van der Waals surface area contributed by atoms with Crippen LogP contribution in [-0.2, 0) is 6.42 Å². The van der Waals surface area contributed by atoms with Gasteiger partial charge in [0.2, 0.25) is 0 Å². The third-order valence-corrected chi connectivity index (χ3v) is 4.36. The number of pyridine rings is 1. The summed E-state index contributed by atoms with van der Waals surface area (Å²) in [5.41, 5.74) is 2.54. The van der Waals surface area contributed by atoms with Gasteiger partial charge in [0.15, 0.2) is 5.96 Å². The van der Waals surface area contributed by atoms with Gasteiger partial charge in [0, 0.05) is 50.9 Å². The van der Waals surface area contributed by atoms with Crippen LogP contribution < -0.4 is 5.32 Å². The largest absolute Gasteiger partial charge is 0.356 e. The summed E-state index contributed by atoms with van der Waals surface area (Å²) >= 11 is 0. The van der Waals surface area contributed by atoms with Gasteiger partial charge in [0.1, 0.15) is 0 Å². The van der Waals surface area contributed by atoms with Crippen molar-refractivity contribution in [2.75, 3.05) is 26.7 Å². The number of guanidine groups is 1. The van der Waals surface area contributed by atoms with E-state index in [-0.39, 0.29) is 24.0 Å². The molecule has 1 fully saturated rings. The van der Waals surface area contributed by atoms with Crippen LogP contribution in [0.3, 0.4) is 0 Å². The number of rotatable bonds is 4. The van der Waals surface area contributed by atoms with Gasteiger partial charge in [-0.2, -0.15) is 0 Å². The van der Waals surface area contributed by atoms with Gasteiger partial charge in [0.05, 0.1) is 0 Å². The molecule has 1 unspecified atom stereocenters. The van der Waals surface area contributed by atoms with Crippen LogP contribution in [0.25, 0.3) is 0 Å². The van der Waals surface area contributed by atoms with Crippen molar-refractivity contribution in [3.8, 4) is 0 Å². The number of aliphatic imine (C=N–C) groups is 1. The molecule has 4 nitrogen and oxygen atoms in total. The topological polar surface area (TPSA) is 40.5 Å². The Morgan fingerprint density at radius 3 is 2.71 bits per heavy atom. The number of hydrogen-bond acceptors (Lipinski definition) is 2. The summed E-state index contributed by atoms with van der Waals surface area (Å²) in [6.45, 7) is 2.95. The zero-order valence-corrected chi connectivity index (χ0v) is 16.4. The molecule has 0 aliphatic carbocycles. The van der Waals surface area contributed by atoms with Crippen molar-refractivity contribution in [2.45, 2.75) is 18.8 Å². The van der Waals surface area contributed by atoms with Crippen molar-refractivity contribution in [2.24, 2.45) is 4.99 Å². The van der Waals surface area contributed by atoms with Crippen LogP contribution in [0.15, 0.2) is 59.7 Å².